The molecule has 0 aliphatic rings. The maximum absolute atomic E-state index is 6.18. The SMILES string of the molecule is c1ccc(-c2cc(-c3ccc(OCc4ccc(COc5ccc(-c6cc(-c7ccccn7)nc(-c7ccccn7)c6)cc5)cc4)cc3)cc(-c3ccccn3)n2)nc1. The van der Waals surface area contributed by atoms with Gasteiger partial charge in [0, 0.05) is 24.8 Å². The molecular weight excluding hydrogens is 717 g/mol. The van der Waals surface area contributed by atoms with E-state index in [1.165, 1.54) is 0 Å². The van der Waals surface area contributed by atoms with Crippen molar-refractivity contribution in [3.8, 4) is 79.3 Å². The second-order valence-electron chi connectivity index (χ2n) is 13.6. The van der Waals surface area contributed by atoms with Crippen LogP contribution >= 0.6 is 0 Å². The van der Waals surface area contributed by atoms with E-state index >= 15 is 0 Å². The van der Waals surface area contributed by atoms with E-state index in [-0.39, 0.29) is 0 Å². The Balaban J connectivity index is 0.828. The van der Waals surface area contributed by atoms with E-state index in [2.05, 4.69) is 92.7 Å². The fourth-order valence-electron chi connectivity index (χ4n) is 6.53. The van der Waals surface area contributed by atoms with Gasteiger partial charge in [0.15, 0.2) is 0 Å². The number of hydrogen-bond acceptors (Lipinski definition) is 8. The Morgan fingerprint density at radius 2 is 0.603 bits per heavy atom. The van der Waals surface area contributed by atoms with Gasteiger partial charge < -0.3 is 9.47 Å². The van der Waals surface area contributed by atoms with Crippen molar-refractivity contribution < 1.29 is 9.47 Å². The lowest BCUT2D eigenvalue weighted by atomic mass is 10.0. The fraction of sp³-hybridized carbons (Fsp3) is 0.0400. The molecule has 0 N–H and O–H groups in total. The second kappa shape index (κ2) is 16.9. The zero-order chi connectivity index (χ0) is 38.9. The average Bonchev–Trinajstić information content (AvgIpc) is 3.32. The highest BCUT2D eigenvalue weighted by molar-refractivity contribution is 5.76. The molecule has 6 heterocycles. The number of ether oxygens (including phenoxy) is 2. The molecule has 278 valence electrons. The minimum absolute atomic E-state index is 0.448. The van der Waals surface area contributed by atoms with Gasteiger partial charge in [0.2, 0.25) is 0 Å². The van der Waals surface area contributed by atoms with E-state index in [1.54, 1.807) is 24.8 Å². The molecule has 0 saturated carbocycles. The molecule has 8 heteroatoms. The highest BCUT2D eigenvalue weighted by Gasteiger charge is 2.12. The van der Waals surface area contributed by atoms with Crippen LogP contribution in [0.4, 0.5) is 0 Å². The molecule has 6 aromatic heterocycles. The van der Waals surface area contributed by atoms with Crippen molar-refractivity contribution in [3.05, 3.63) is 206 Å². The first kappa shape index (κ1) is 35.8. The monoisotopic (exact) mass is 752 g/mol. The number of rotatable bonds is 12. The molecule has 0 fully saturated rings. The summed E-state index contributed by atoms with van der Waals surface area (Å²) >= 11 is 0. The molecule has 0 saturated heterocycles. The lowest BCUT2D eigenvalue weighted by Crippen LogP contribution is -1.98. The number of aromatic nitrogens is 6. The molecule has 0 radical (unpaired) electrons. The third kappa shape index (κ3) is 8.51. The van der Waals surface area contributed by atoms with Crippen LogP contribution in [0.15, 0.2) is 195 Å². The summed E-state index contributed by atoms with van der Waals surface area (Å²) in [5.41, 5.74) is 12.7. The largest absolute Gasteiger partial charge is 0.489 e. The Morgan fingerprint density at radius 3 is 0.879 bits per heavy atom. The third-order valence-corrected chi connectivity index (χ3v) is 9.57. The quantitative estimate of drug-likeness (QED) is 0.122. The maximum atomic E-state index is 6.18. The molecule has 58 heavy (non-hydrogen) atoms. The summed E-state index contributed by atoms with van der Waals surface area (Å²) in [5.74, 6) is 1.58. The average molecular weight is 753 g/mol. The van der Waals surface area contributed by atoms with Crippen LogP contribution in [0.1, 0.15) is 11.1 Å². The Hall–Kier alpha value is -7.84. The zero-order valence-corrected chi connectivity index (χ0v) is 31.4. The topological polar surface area (TPSA) is 95.8 Å². The molecule has 0 amide bonds. The normalized spacial score (nSPS) is 10.9. The fourth-order valence-corrected chi connectivity index (χ4v) is 6.53. The van der Waals surface area contributed by atoms with Gasteiger partial charge in [0.1, 0.15) is 24.7 Å². The number of pyridine rings is 6. The third-order valence-electron chi connectivity index (χ3n) is 9.57. The van der Waals surface area contributed by atoms with Crippen LogP contribution in [-0.4, -0.2) is 29.9 Å². The summed E-state index contributed by atoms with van der Waals surface area (Å²) in [7, 11) is 0. The molecule has 8 nitrogen and oxygen atoms in total. The van der Waals surface area contributed by atoms with Gasteiger partial charge in [-0.15, -0.1) is 0 Å². The molecule has 3 aromatic carbocycles. The van der Waals surface area contributed by atoms with E-state index in [1.807, 2.05) is 97.1 Å². The van der Waals surface area contributed by atoms with E-state index in [4.69, 9.17) is 19.4 Å². The summed E-state index contributed by atoms with van der Waals surface area (Å²) in [5, 5.41) is 0. The molecule has 0 atom stereocenters. The van der Waals surface area contributed by atoms with Crippen LogP contribution in [0.5, 0.6) is 11.5 Å². The van der Waals surface area contributed by atoms with E-state index in [0.717, 1.165) is 90.4 Å². The molecule has 0 aliphatic carbocycles. The molecule has 0 aliphatic heterocycles. The second-order valence-corrected chi connectivity index (χ2v) is 13.6. The molecule has 9 rings (SSSR count). The number of hydrogen-bond donors (Lipinski definition) is 0. The Labute approximate surface area is 336 Å². The standard InChI is InChI=1S/C50H36N6O2/c1-5-25-51-43(9-1)47-29-39(30-48(55-47)44-10-2-6-26-52-44)37-17-21-41(22-18-37)57-33-35-13-15-36(16-14-35)34-58-42-23-19-38(20-24-42)40-31-49(45-11-3-7-27-53-45)56-50(32-40)46-12-4-8-28-54-46/h1-32H,33-34H2. The molecule has 0 spiro atoms. The molecule has 0 bridgehead atoms. The van der Waals surface area contributed by atoms with Gasteiger partial charge in [-0.1, -0.05) is 72.8 Å². The first-order valence-corrected chi connectivity index (χ1v) is 18.9. The summed E-state index contributed by atoms with van der Waals surface area (Å²) in [6.07, 6.45) is 7.12. The lowest BCUT2D eigenvalue weighted by Gasteiger charge is -2.11. The van der Waals surface area contributed by atoms with Gasteiger partial charge in [0.25, 0.3) is 0 Å². The van der Waals surface area contributed by atoms with Crippen molar-refractivity contribution in [2.45, 2.75) is 13.2 Å². The first-order valence-electron chi connectivity index (χ1n) is 18.9. The van der Waals surface area contributed by atoms with E-state index < -0.39 is 0 Å². The van der Waals surface area contributed by atoms with Gasteiger partial charge in [0.05, 0.1) is 45.6 Å². The summed E-state index contributed by atoms with van der Waals surface area (Å²) in [4.78, 5) is 27.9. The van der Waals surface area contributed by atoms with Crippen molar-refractivity contribution in [1.29, 1.82) is 0 Å². The van der Waals surface area contributed by atoms with Crippen molar-refractivity contribution >= 4 is 0 Å². The molecule has 0 unspecified atom stereocenters. The maximum Gasteiger partial charge on any atom is 0.119 e. The van der Waals surface area contributed by atoms with Crippen molar-refractivity contribution in [2.24, 2.45) is 0 Å². The first-order chi connectivity index (χ1) is 28.7. The molecule has 9 aromatic rings. The van der Waals surface area contributed by atoms with E-state index in [9.17, 15) is 0 Å². The van der Waals surface area contributed by atoms with Crippen LogP contribution in [0.25, 0.3) is 67.8 Å². The van der Waals surface area contributed by atoms with Crippen molar-refractivity contribution in [1.82, 2.24) is 29.9 Å². The van der Waals surface area contributed by atoms with Gasteiger partial charge >= 0.3 is 0 Å². The lowest BCUT2D eigenvalue weighted by molar-refractivity contribution is 0.302. The van der Waals surface area contributed by atoms with Crippen LogP contribution in [0.3, 0.4) is 0 Å². The van der Waals surface area contributed by atoms with Crippen LogP contribution in [-0.2, 0) is 13.2 Å². The summed E-state index contributed by atoms with van der Waals surface area (Å²) < 4.78 is 12.4. The minimum atomic E-state index is 0.448. The van der Waals surface area contributed by atoms with Gasteiger partial charge in [-0.25, -0.2) is 9.97 Å². The summed E-state index contributed by atoms with van der Waals surface area (Å²) in [6, 6.07) is 56.2. The predicted octanol–water partition coefficient (Wildman–Crippen LogP) is 11.2. The smallest absolute Gasteiger partial charge is 0.119 e. The number of nitrogens with zero attached hydrogens (tertiary/aromatic N) is 6. The molecular formula is C50H36N6O2. The zero-order valence-electron chi connectivity index (χ0n) is 31.4. The highest BCUT2D eigenvalue weighted by atomic mass is 16.5. The Morgan fingerprint density at radius 1 is 0.293 bits per heavy atom. The van der Waals surface area contributed by atoms with Gasteiger partial charge in [-0.3, -0.25) is 19.9 Å². The Bertz CT molecular complexity index is 2430. The summed E-state index contributed by atoms with van der Waals surface area (Å²) in [6.45, 7) is 0.897. The highest BCUT2D eigenvalue weighted by Crippen LogP contribution is 2.32. The van der Waals surface area contributed by atoms with Crippen LogP contribution in [0.2, 0.25) is 0 Å². The van der Waals surface area contributed by atoms with Crippen molar-refractivity contribution in [2.75, 3.05) is 0 Å². The Kier molecular flexibility index (Phi) is 10.4. The van der Waals surface area contributed by atoms with Crippen LogP contribution < -0.4 is 9.47 Å². The van der Waals surface area contributed by atoms with Crippen LogP contribution in [0, 0.1) is 0 Å². The van der Waals surface area contributed by atoms with E-state index in [0.29, 0.717) is 13.2 Å². The van der Waals surface area contributed by atoms with Gasteiger partial charge in [-0.2, -0.15) is 0 Å². The predicted molar refractivity (Wildman–Crippen MR) is 227 cm³/mol. The van der Waals surface area contributed by atoms with Crippen molar-refractivity contribution in [3.63, 3.8) is 0 Å². The minimum Gasteiger partial charge on any atom is -0.489 e. The van der Waals surface area contributed by atoms with Gasteiger partial charge in [-0.05, 0) is 130 Å². The number of benzene rings is 3.